The molecule has 0 amide bonds. The highest BCUT2D eigenvalue weighted by atomic mass is 15.0. The van der Waals surface area contributed by atoms with Crippen LogP contribution in [0.3, 0.4) is 0 Å². The molecule has 2 heteroatoms. The SMILES string of the molecule is CC(C)Cc1ccccc1-n1c2ccccc2c2cc(-c3ccc4c(c3)c3ccccc3n4-c3ccc(-c4c5ccccc5c(-c5ccccc5)c5ccccc45)cc3)ccc21. The quantitative estimate of drug-likeness (QED) is 0.142. The summed E-state index contributed by atoms with van der Waals surface area (Å²) in [6.07, 6.45) is 1.04. The third-order valence-corrected chi connectivity index (χ3v) is 12.9. The van der Waals surface area contributed by atoms with Crippen molar-refractivity contribution in [2.75, 3.05) is 0 Å². The molecular formula is C60H44N2. The zero-order chi connectivity index (χ0) is 41.3. The van der Waals surface area contributed by atoms with E-state index >= 15 is 0 Å². The van der Waals surface area contributed by atoms with E-state index < -0.39 is 0 Å². The summed E-state index contributed by atoms with van der Waals surface area (Å²) < 4.78 is 4.90. The van der Waals surface area contributed by atoms with Crippen LogP contribution in [0, 0.1) is 5.92 Å². The van der Waals surface area contributed by atoms with Gasteiger partial charge < -0.3 is 9.13 Å². The van der Waals surface area contributed by atoms with Crippen molar-refractivity contribution in [2.45, 2.75) is 20.3 Å². The summed E-state index contributed by atoms with van der Waals surface area (Å²) in [6.45, 7) is 4.60. The molecule has 62 heavy (non-hydrogen) atoms. The average Bonchev–Trinajstić information content (AvgIpc) is 3.83. The van der Waals surface area contributed by atoms with Crippen LogP contribution in [0.25, 0.3) is 110 Å². The molecule has 0 fully saturated rings. The Balaban J connectivity index is 0.979. The van der Waals surface area contributed by atoms with Gasteiger partial charge in [-0.05, 0) is 127 Å². The summed E-state index contributed by atoms with van der Waals surface area (Å²) in [5, 5.41) is 10.1. The van der Waals surface area contributed by atoms with E-state index in [1.807, 2.05) is 0 Å². The molecule has 12 aromatic rings. The molecule has 294 valence electrons. The van der Waals surface area contributed by atoms with Gasteiger partial charge in [0.2, 0.25) is 0 Å². The molecule has 0 radical (unpaired) electrons. The summed E-state index contributed by atoms with van der Waals surface area (Å²) in [5.74, 6) is 0.570. The van der Waals surface area contributed by atoms with Gasteiger partial charge in [0.15, 0.2) is 0 Å². The van der Waals surface area contributed by atoms with Crippen molar-refractivity contribution in [3.05, 3.63) is 218 Å². The molecule has 0 atom stereocenters. The highest BCUT2D eigenvalue weighted by Crippen LogP contribution is 2.44. The monoisotopic (exact) mass is 792 g/mol. The van der Waals surface area contributed by atoms with Gasteiger partial charge >= 0.3 is 0 Å². The molecule has 0 saturated carbocycles. The van der Waals surface area contributed by atoms with Crippen LogP contribution in [0.15, 0.2) is 212 Å². The Kier molecular flexibility index (Phi) is 8.47. The van der Waals surface area contributed by atoms with Crippen LogP contribution < -0.4 is 0 Å². The summed E-state index contributed by atoms with van der Waals surface area (Å²) in [6, 6.07) is 78.5. The Labute approximate surface area is 361 Å². The molecule has 0 N–H and O–H groups in total. The molecule has 10 aromatic carbocycles. The second kappa shape index (κ2) is 14.5. The van der Waals surface area contributed by atoms with Crippen LogP contribution in [0.1, 0.15) is 19.4 Å². The van der Waals surface area contributed by atoms with E-state index in [-0.39, 0.29) is 0 Å². The molecule has 0 bridgehead atoms. The molecule has 12 rings (SSSR count). The van der Waals surface area contributed by atoms with Crippen LogP contribution in [-0.2, 0) is 6.42 Å². The van der Waals surface area contributed by atoms with Gasteiger partial charge in [-0.25, -0.2) is 0 Å². The smallest absolute Gasteiger partial charge is 0.0541 e. The van der Waals surface area contributed by atoms with Crippen molar-refractivity contribution in [1.82, 2.24) is 9.13 Å². The van der Waals surface area contributed by atoms with Crippen molar-refractivity contribution in [2.24, 2.45) is 5.92 Å². The summed E-state index contributed by atoms with van der Waals surface area (Å²) >= 11 is 0. The highest BCUT2D eigenvalue weighted by molar-refractivity contribution is 6.21. The molecule has 2 heterocycles. The Hall–Kier alpha value is -7.68. The first-order valence-electron chi connectivity index (χ1n) is 21.9. The number of fused-ring (bicyclic) bond motifs is 8. The van der Waals surface area contributed by atoms with Crippen LogP contribution in [0.5, 0.6) is 0 Å². The van der Waals surface area contributed by atoms with Crippen molar-refractivity contribution in [3.63, 3.8) is 0 Å². The lowest BCUT2D eigenvalue weighted by Gasteiger charge is -2.18. The molecule has 0 saturated heterocycles. The minimum atomic E-state index is 0.570. The first-order valence-corrected chi connectivity index (χ1v) is 21.9. The topological polar surface area (TPSA) is 9.86 Å². The summed E-state index contributed by atoms with van der Waals surface area (Å²) in [4.78, 5) is 0. The maximum Gasteiger partial charge on any atom is 0.0541 e. The van der Waals surface area contributed by atoms with Gasteiger partial charge in [-0.3, -0.25) is 0 Å². The molecule has 2 nitrogen and oxygen atoms in total. The van der Waals surface area contributed by atoms with Gasteiger partial charge in [-0.1, -0.05) is 172 Å². The third kappa shape index (κ3) is 5.71. The number of aromatic nitrogens is 2. The van der Waals surface area contributed by atoms with Crippen LogP contribution in [0.4, 0.5) is 0 Å². The summed E-state index contributed by atoms with van der Waals surface area (Å²) in [5.41, 5.74) is 16.1. The largest absolute Gasteiger partial charge is 0.309 e. The highest BCUT2D eigenvalue weighted by Gasteiger charge is 2.19. The molecule has 0 unspecified atom stereocenters. The predicted octanol–water partition coefficient (Wildman–Crippen LogP) is 16.4. The van der Waals surface area contributed by atoms with Gasteiger partial charge in [0.25, 0.3) is 0 Å². The van der Waals surface area contributed by atoms with Gasteiger partial charge in [0, 0.05) is 32.9 Å². The zero-order valence-corrected chi connectivity index (χ0v) is 34.9. The van der Waals surface area contributed by atoms with Gasteiger partial charge in [0.05, 0.1) is 22.1 Å². The van der Waals surface area contributed by atoms with Crippen molar-refractivity contribution in [3.8, 4) is 44.8 Å². The molecule has 0 spiro atoms. The van der Waals surface area contributed by atoms with Crippen molar-refractivity contribution >= 4 is 65.2 Å². The van der Waals surface area contributed by atoms with E-state index in [0.717, 1.165) is 12.1 Å². The fraction of sp³-hybridized carbons (Fsp3) is 0.0667. The van der Waals surface area contributed by atoms with Gasteiger partial charge in [0.1, 0.15) is 0 Å². The lowest BCUT2D eigenvalue weighted by Crippen LogP contribution is -2.02. The van der Waals surface area contributed by atoms with E-state index in [2.05, 4.69) is 235 Å². The zero-order valence-electron chi connectivity index (χ0n) is 34.9. The predicted molar refractivity (Wildman–Crippen MR) is 265 cm³/mol. The lowest BCUT2D eigenvalue weighted by atomic mass is 9.86. The maximum atomic E-state index is 2.47. The first kappa shape index (κ1) is 36.2. The van der Waals surface area contributed by atoms with E-state index in [9.17, 15) is 0 Å². The van der Waals surface area contributed by atoms with Crippen LogP contribution >= 0.6 is 0 Å². The van der Waals surface area contributed by atoms with E-state index in [4.69, 9.17) is 0 Å². The van der Waals surface area contributed by atoms with Crippen LogP contribution in [0.2, 0.25) is 0 Å². The Morgan fingerprint density at radius 1 is 0.323 bits per heavy atom. The minimum absolute atomic E-state index is 0.570. The average molecular weight is 793 g/mol. The molecule has 0 aliphatic rings. The number of hydrogen-bond acceptors (Lipinski definition) is 0. The third-order valence-electron chi connectivity index (χ3n) is 12.9. The number of nitrogens with zero attached hydrogens (tertiary/aromatic N) is 2. The molecule has 2 aromatic heterocycles. The molecule has 0 aliphatic heterocycles. The Morgan fingerprint density at radius 3 is 1.27 bits per heavy atom. The van der Waals surface area contributed by atoms with Crippen molar-refractivity contribution < 1.29 is 0 Å². The maximum absolute atomic E-state index is 2.47. The van der Waals surface area contributed by atoms with Crippen LogP contribution in [-0.4, -0.2) is 9.13 Å². The Bertz CT molecular complexity index is 3620. The van der Waals surface area contributed by atoms with E-state index in [1.165, 1.54) is 110 Å². The second-order valence-electron chi connectivity index (χ2n) is 17.1. The number of para-hydroxylation sites is 3. The van der Waals surface area contributed by atoms with Gasteiger partial charge in [-0.2, -0.15) is 0 Å². The lowest BCUT2D eigenvalue weighted by molar-refractivity contribution is 0.645. The number of benzene rings is 10. The number of rotatable bonds is 7. The van der Waals surface area contributed by atoms with Crippen molar-refractivity contribution in [1.29, 1.82) is 0 Å². The normalized spacial score (nSPS) is 11.9. The fourth-order valence-corrected chi connectivity index (χ4v) is 10.3. The van der Waals surface area contributed by atoms with E-state index in [1.54, 1.807) is 0 Å². The van der Waals surface area contributed by atoms with Gasteiger partial charge in [-0.15, -0.1) is 0 Å². The summed E-state index contributed by atoms with van der Waals surface area (Å²) in [7, 11) is 0. The van der Waals surface area contributed by atoms with E-state index in [0.29, 0.717) is 5.92 Å². The second-order valence-corrected chi connectivity index (χ2v) is 17.1. The minimum Gasteiger partial charge on any atom is -0.309 e. The Morgan fingerprint density at radius 2 is 0.726 bits per heavy atom. The fourth-order valence-electron chi connectivity index (χ4n) is 10.3. The number of hydrogen-bond donors (Lipinski definition) is 0. The molecule has 0 aliphatic carbocycles. The molecular weight excluding hydrogens is 749 g/mol. The standard InChI is InChI=1S/C60H44N2/c1-39(2)36-44-18-6-13-25-54(44)62-56-27-15-12-20-47(56)53-38-43(31-35-58(53)62)42-30-34-57-52(37-42)46-19-11-14-26-55(46)61(57)45-32-28-41(29-33-45)60-50-23-9-7-21-48(50)59(40-16-4-3-5-17-40)49-22-8-10-24-51(49)60/h3-35,37-39H,36H2,1-2H3. The first-order chi connectivity index (χ1) is 30.6.